The lowest BCUT2D eigenvalue weighted by molar-refractivity contribution is -0.151. The molecule has 1 saturated heterocycles. The Labute approximate surface area is 118 Å². The van der Waals surface area contributed by atoms with Gasteiger partial charge in [-0.05, 0) is 33.6 Å². The molecule has 0 aromatic heterocycles. The first-order valence-electron chi connectivity index (χ1n) is 6.29. The van der Waals surface area contributed by atoms with Crippen LogP contribution in [0.25, 0.3) is 0 Å². The van der Waals surface area contributed by atoms with Crippen LogP contribution >= 0.6 is 0 Å². The molecule has 20 heavy (non-hydrogen) atoms. The largest absolute Gasteiger partial charge is 0.479 e. The minimum Gasteiger partial charge on any atom is -0.479 e. The molecule has 7 nitrogen and oxygen atoms in total. The normalized spacial score (nSPS) is 23.6. The van der Waals surface area contributed by atoms with Crippen LogP contribution in [-0.2, 0) is 28.9 Å². The second-order valence-corrected chi connectivity index (χ2v) is 7.91. The molecule has 1 heterocycles. The Bertz CT molecular complexity index is 475. The number of carbonyl (C=O) groups excluding carboxylic acids is 1. The summed E-state index contributed by atoms with van der Waals surface area (Å²) in [5.74, 6) is -3.00. The van der Waals surface area contributed by atoms with Crippen molar-refractivity contribution in [3.8, 4) is 0 Å². The third kappa shape index (κ3) is 5.87. The number of aliphatic carboxylic acids is 1. The molecular weight excluding hydrogens is 288 g/mol. The molecule has 0 amide bonds. The van der Waals surface area contributed by atoms with Crippen molar-refractivity contribution in [3.63, 3.8) is 0 Å². The lowest BCUT2D eigenvalue weighted by Gasteiger charge is -2.19. The molecule has 1 aliphatic heterocycles. The van der Waals surface area contributed by atoms with Crippen LogP contribution in [0, 0.1) is 0 Å². The van der Waals surface area contributed by atoms with E-state index < -0.39 is 45.3 Å². The van der Waals surface area contributed by atoms with E-state index in [9.17, 15) is 18.0 Å². The van der Waals surface area contributed by atoms with Crippen LogP contribution < -0.4 is 0 Å². The van der Waals surface area contributed by atoms with E-state index in [0.29, 0.717) is 6.42 Å². The number of rotatable bonds is 5. The first kappa shape index (κ1) is 16.9. The Kier molecular flexibility index (Phi) is 5.15. The van der Waals surface area contributed by atoms with Gasteiger partial charge in [-0.3, -0.25) is 4.79 Å². The molecule has 0 aromatic rings. The third-order valence-corrected chi connectivity index (χ3v) is 4.14. The van der Waals surface area contributed by atoms with Crippen molar-refractivity contribution in [1.82, 2.24) is 0 Å². The predicted molar refractivity (Wildman–Crippen MR) is 70.0 cm³/mol. The van der Waals surface area contributed by atoms with Crippen LogP contribution in [0.5, 0.6) is 0 Å². The van der Waals surface area contributed by atoms with Crippen LogP contribution in [0.2, 0.25) is 0 Å². The van der Waals surface area contributed by atoms with Crippen molar-refractivity contribution in [1.29, 1.82) is 0 Å². The van der Waals surface area contributed by atoms with Gasteiger partial charge in [-0.2, -0.15) is 0 Å². The average molecular weight is 308 g/mol. The molecule has 1 N–H and O–H groups in total. The van der Waals surface area contributed by atoms with E-state index in [4.69, 9.17) is 14.6 Å². The Hall–Kier alpha value is -1.15. The predicted octanol–water partition coefficient (Wildman–Crippen LogP) is 0.375. The van der Waals surface area contributed by atoms with Gasteiger partial charge in [-0.1, -0.05) is 0 Å². The van der Waals surface area contributed by atoms with Crippen molar-refractivity contribution in [2.24, 2.45) is 0 Å². The number of carbonyl (C=O) groups is 2. The summed E-state index contributed by atoms with van der Waals surface area (Å²) < 4.78 is 33.7. The number of sulfone groups is 1. The van der Waals surface area contributed by atoms with Gasteiger partial charge in [-0.25, -0.2) is 13.2 Å². The van der Waals surface area contributed by atoms with Crippen LogP contribution in [0.15, 0.2) is 0 Å². The van der Waals surface area contributed by atoms with Gasteiger partial charge in [0, 0.05) is 0 Å². The van der Waals surface area contributed by atoms with E-state index in [0.717, 1.165) is 0 Å². The molecule has 0 radical (unpaired) electrons. The van der Waals surface area contributed by atoms with Crippen LogP contribution in [-0.4, -0.2) is 54.8 Å². The molecule has 0 aromatic carbocycles. The molecule has 2 atom stereocenters. The Balaban J connectivity index is 2.51. The molecule has 0 aliphatic carbocycles. The second kappa shape index (κ2) is 6.09. The fraction of sp³-hybridized carbons (Fsp3) is 0.833. The van der Waals surface area contributed by atoms with Crippen LogP contribution in [0.3, 0.4) is 0 Å². The van der Waals surface area contributed by atoms with E-state index >= 15 is 0 Å². The highest BCUT2D eigenvalue weighted by atomic mass is 32.2. The van der Waals surface area contributed by atoms with Crippen molar-refractivity contribution in [3.05, 3.63) is 0 Å². The average Bonchev–Trinajstić information content (AvgIpc) is 2.60. The van der Waals surface area contributed by atoms with Gasteiger partial charge in [-0.15, -0.1) is 0 Å². The standard InChI is InChI=1S/C12H20O7S/c1-12(2,3)19-10(13)7-20(16,17)6-8-4-5-9(18-8)11(14)15/h8-9H,4-7H2,1-3H3,(H,14,15). The van der Waals surface area contributed by atoms with Gasteiger partial charge in [0.05, 0.1) is 11.9 Å². The van der Waals surface area contributed by atoms with Gasteiger partial charge < -0.3 is 14.6 Å². The summed E-state index contributed by atoms with van der Waals surface area (Å²) in [4.78, 5) is 22.2. The molecule has 0 bridgehead atoms. The summed E-state index contributed by atoms with van der Waals surface area (Å²) in [6.07, 6.45) is -1.01. The van der Waals surface area contributed by atoms with Gasteiger partial charge in [0.2, 0.25) is 0 Å². The zero-order chi connectivity index (χ0) is 15.6. The summed E-state index contributed by atoms with van der Waals surface area (Å²) >= 11 is 0. The van der Waals surface area contributed by atoms with E-state index in [1.54, 1.807) is 20.8 Å². The van der Waals surface area contributed by atoms with Gasteiger partial charge in [0.1, 0.15) is 11.4 Å². The quantitative estimate of drug-likeness (QED) is 0.731. The molecule has 0 saturated carbocycles. The smallest absolute Gasteiger partial charge is 0.332 e. The highest BCUT2D eigenvalue weighted by Crippen LogP contribution is 2.21. The maximum Gasteiger partial charge on any atom is 0.332 e. The number of carboxylic acid groups (broad SMARTS) is 1. The van der Waals surface area contributed by atoms with E-state index in [1.807, 2.05) is 0 Å². The zero-order valence-electron chi connectivity index (χ0n) is 11.8. The highest BCUT2D eigenvalue weighted by Gasteiger charge is 2.34. The van der Waals surface area contributed by atoms with E-state index in [1.165, 1.54) is 0 Å². The highest BCUT2D eigenvalue weighted by molar-refractivity contribution is 7.92. The van der Waals surface area contributed by atoms with E-state index in [-0.39, 0.29) is 12.2 Å². The molecule has 8 heteroatoms. The Morgan fingerprint density at radius 2 is 1.90 bits per heavy atom. The summed E-state index contributed by atoms with van der Waals surface area (Å²) in [5.41, 5.74) is -0.745. The molecule has 0 spiro atoms. The monoisotopic (exact) mass is 308 g/mol. The number of carboxylic acids is 1. The third-order valence-electron chi connectivity index (χ3n) is 2.58. The molecule has 1 fully saturated rings. The number of hydrogen-bond acceptors (Lipinski definition) is 6. The number of esters is 1. The fourth-order valence-corrected chi connectivity index (χ4v) is 3.25. The molecule has 1 rings (SSSR count). The first-order chi connectivity index (χ1) is 8.98. The van der Waals surface area contributed by atoms with Crippen molar-refractivity contribution >= 4 is 21.8 Å². The molecule has 1 aliphatic rings. The minimum atomic E-state index is -3.68. The maximum absolute atomic E-state index is 11.8. The summed E-state index contributed by atoms with van der Waals surface area (Å²) in [6.45, 7) is 4.94. The Morgan fingerprint density at radius 3 is 2.35 bits per heavy atom. The lowest BCUT2D eigenvalue weighted by Crippen LogP contribution is -2.32. The molecular formula is C12H20O7S. The zero-order valence-corrected chi connectivity index (χ0v) is 12.6. The Morgan fingerprint density at radius 1 is 1.30 bits per heavy atom. The topological polar surface area (TPSA) is 107 Å². The van der Waals surface area contributed by atoms with Gasteiger partial charge >= 0.3 is 11.9 Å². The summed E-state index contributed by atoms with van der Waals surface area (Å²) in [6, 6.07) is 0. The van der Waals surface area contributed by atoms with E-state index in [2.05, 4.69) is 0 Å². The van der Waals surface area contributed by atoms with Crippen molar-refractivity contribution in [2.45, 2.75) is 51.4 Å². The van der Waals surface area contributed by atoms with Gasteiger partial charge in [0.25, 0.3) is 0 Å². The van der Waals surface area contributed by atoms with Crippen molar-refractivity contribution < 1.29 is 32.6 Å². The SMILES string of the molecule is CC(C)(C)OC(=O)CS(=O)(=O)CC1CCC(C(=O)O)O1. The minimum absolute atomic E-state index is 0.280. The summed E-state index contributed by atoms with van der Waals surface area (Å²) in [5, 5.41) is 8.75. The molecule has 2 unspecified atom stereocenters. The number of ether oxygens (including phenoxy) is 2. The first-order valence-corrected chi connectivity index (χ1v) is 8.11. The van der Waals surface area contributed by atoms with Crippen LogP contribution in [0.1, 0.15) is 33.6 Å². The van der Waals surface area contributed by atoms with Gasteiger partial charge in [0.15, 0.2) is 15.9 Å². The fourth-order valence-electron chi connectivity index (χ4n) is 1.90. The molecule has 116 valence electrons. The second-order valence-electron chi connectivity index (χ2n) is 5.80. The number of hydrogen-bond donors (Lipinski definition) is 1. The van der Waals surface area contributed by atoms with Crippen molar-refractivity contribution in [2.75, 3.05) is 11.5 Å². The maximum atomic E-state index is 11.8. The van der Waals surface area contributed by atoms with Crippen LogP contribution in [0.4, 0.5) is 0 Å². The summed E-state index contributed by atoms with van der Waals surface area (Å²) in [7, 11) is -3.68. The lowest BCUT2D eigenvalue weighted by atomic mass is 10.2.